The normalized spacial score (nSPS) is 24.8. The molecule has 8 heavy (non-hydrogen) atoms. The second-order valence-electron chi connectivity index (χ2n) is 1.37. The Morgan fingerprint density at radius 2 is 2.00 bits per heavy atom. The van der Waals surface area contributed by atoms with Crippen molar-refractivity contribution in [2.45, 2.75) is 3.63 Å². The zero-order valence-electron chi connectivity index (χ0n) is 3.97. The summed E-state index contributed by atoms with van der Waals surface area (Å²) in [6.45, 7) is 0. The van der Waals surface area contributed by atoms with Gasteiger partial charge in [0.05, 0.1) is 0 Å². The monoisotopic (exact) mass is 313 g/mol. The van der Waals surface area contributed by atoms with E-state index in [0.29, 0.717) is 0 Å². The first-order chi connectivity index (χ1) is 3.71. The van der Waals surface area contributed by atoms with Crippen LogP contribution in [0.25, 0.3) is 0 Å². The predicted molar refractivity (Wildman–Crippen MR) is 24.6 cm³/mol. The predicted octanol–water partition coefficient (Wildman–Crippen LogP) is 1.48. The van der Waals surface area contributed by atoms with Crippen LogP contribution in [0, 0.1) is 23.2 Å². The van der Waals surface area contributed by atoms with E-state index in [2.05, 4.69) is 0 Å². The van der Waals surface area contributed by atoms with Crippen LogP contribution in [0.5, 0.6) is 0 Å². The SMILES string of the molecule is FC1(F)C=CC=C[AtH]1. The molecule has 0 saturated heterocycles. The summed E-state index contributed by atoms with van der Waals surface area (Å²) < 4.78 is 23.5. The standard InChI is InChI=1S/C5H5AtF2/c7-5(8)3-1-2-4-6-5/h1-4,6H. The van der Waals surface area contributed by atoms with E-state index in [-0.39, 0.29) is 0 Å². The van der Waals surface area contributed by atoms with Gasteiger partial charge in [-0.2, -0.15) is 0 Å². The molecule has 0 bridgehead atoms. The summed E-state index contributed by atoms with van der Waals surface area (Å²) in [5.41, 5.74) is 0. The van der Waals surface area contributed by atoms with Crippen molar-refractivity contribution in [3.8, 4) is 0 Å². The number of hydrogen-bond donors (Lipinski definition) is 0. The van der Waals surface area contributed by atoms with Crippen LogP contribution in [0.2, 0.25) is 0 Å². The molecule has 1 aliphatic rings. The fourth-order valence-electron chi connectivity index (χ4n) is 0.382. The molecule has 0 aromatic rings. The third-order valence-electron chi connectivity index (χ3n) is 0.705. The van der Waals surface area contributed by atoms with Gasteiger partial charge in [-0.15, -0.1) is 0 Å². The Morgan fingerprint density at radius 1 is 1.25 bits per heavy atom. The molecule has 0 fully saturated rings. The van der Waals surface area contributed by atoms with E-state index >= 15 is 0 Å². The van der Waals surface area contributed by atoms with E-state index in [1.54, 1.807) is 9.86 Å². The number of alkyl halides is 2. The summed E-state index contributed by atoms with van der Waals surface area (Å²) in [5.74, 6) is 0. The third kappa shape index (κ3) is 1.62. The summed E-state index contributed by atoms with van der Waals surface area (Å²) in [4.78, 5) is 0. The molecule has 0 saturated carbocycles. The quantitative estimate of drug-likeness (QED) is 0.635. The second kappa shape index (κ2) is 2.22. The molecule has 1 rings (SSSR count). The van der Waals surface area contributed by atoms with Crippen molar-refractivity contribution in [1.29, 1.82) is 0 Å². The molecule has 0 atom stereocenters. The van der Waals surface area contributed by atoms with Crippen molar-refractivity contribution in [1.82, 2.24) is 0 Å². The topological polar surface area (TPSA) is 0 Å². The van der Waals surface area contributed by atoms with E-state index < -0.39 is 26.9 Å². The van der Waals surface area contributed by atoms with Gasteiger partial charge >= 0.3 is 57.7 Å². The first-order valence-corrected chi connectivity index (χ1v) is 5.53. The Morgan fingerprint density at radius 3 is 2.25 bits per heavy atom. The van der Waals surface area contributed by atoms with Crippen LogP contribution in [0.4, 0.5) is 8.78 Å². The Bertz CT molecular complexity index is 137. The Kier molecular flexibility index (Phi) is 1.76. The van der Waals surface area contributed by atoms with Gasteiger partial charge < -0.3 is 0 Å². The molecule has 0 radical (unpaired) electrons. The van der Waals surface area contributed by atoms with Crippen molar-refractivity contribution >= 4 is 0 Å². The van der Waals surface area contributed by atoms with Gasteiger partial charge in [0, 0.05) is 0 Å². The average molecular weight is 313 g/mol. The second-order valence-corrected chi connectivity index (χ2v) is 5.46. The van der Waals surface area contributed by atoms with Gasteiger partial charge in [-0.25, -0.2) is 0 Å². The van der Waals surface area contributed by atoms with Gasteiger partial charge in [0.1, 0.15) is 0 Å². The van der Waals surface area contributed by atoms with Crippen LogP contribution in [-0.4, -0.2) is 3.63 Å². The van der Waals surface area contributed by atoms with Gasteiger partial charge in [0.25, 0.3) is 0 Å². The van der Waals surface area contributed by atoms with E-state index in [4.69, 9.17) is 0 Å². The molecular formula is C5H5AtF2. The fraction of sp³-hybridized carbons (Fsp3) is 0.200. The number of hydrogen-bond acceptors (Lipinski definition) is 0. The van der Waals surface area contributed by atoms with Gasteiger partial charge in [-0.1, -0.05) is 0 Å². The minimum atomic E-state index is -2.42. The Labute approximate surface area is 57.8 Å². The van der Waals surface area contributed by atoms with Gasteiger partial charge in [0.2, 0.25) is 0 Å². The van der Waals surface area contributed by atoms with Gasteiger partial charge in [-0.3, -0.25) is 0 Å². The van der Waals surface area contributed by atoms with Crippen molar-refractivity contribution in [3.63, 3.8) is 0 Å². The van der Waals surface area contributed by atoms with Gasteiger partial charge in [0.15, 0.2) is 0 Å². The zero-order valence-corrected chi connectivity index (χ0v) is 7.15. The Balaban J connectivity index is 2.65. The number of rotatable bonds is 0. The maximum absolute atomic E-state index is 12.1. The van der Waals surface area contributed by atoms with E-state index in [1.165, 1.54) is 6.08 Å². The average Bonchev–Trinajstić information content (AvgIpc) is 1.65. The molecule has 46 valence electrons. The molecule has 1 heterocycles. The molecule has 3 heteroatoms. The molecule has 0 aromatic carbocycles. The van der Waals surface area contributed by atoms with Crippen LogP contribution >= 0.6 is 0 Å². The van der Waals surface area contributed by atoms with Crippen molar-refractivity contribution in [3.05, 3.63) is 22.0 Å². The van der Waals surface area contributed by atoms with Crippen LogP contribution in [-0.2, 0) is 0 Å². The molecule has 0 aliphatic carbocycles. The molecule has 0 aromatic heterocycles. The molecular weight excluding hydrogens is 308 g/mol. The van der Waals surface area contributed by atoms with Crippen LogP contribution in [0.1, 0.15) is 0 Å². The molecule has 0 spiro atoms. The number of halogens is 2. The molecule has 0 amide bonds. The van der Waals surface area contributed by atoms with Crippen LogP contribution < -0.4 is 0 Å². The van der Waals surface area contributed by atoms with E-state index in [0.717, 1.165) is 6.08 Å². The maximum atomic E-state index is 12.1. The summed E-state index contributed by atoms with van der Waals surface area (Å²) in [7, 11) is 0. The van der Waals surface area contributed by atoms with E-state index in [1.807, 2.05) is 0 Å². The minimum absolute atomic E-state index is 0.984. The zero-order chi connectivity index (χ0) is 6.04. The molecule has 0 N–H and O–H groups in total. The summed E-state index contributed by atoms with van der Waals surface area (Å²) in [6, 6.07) is 0. The molecule has 0 unspecified atom stereocenters. The third-order valence-corrected chi connectivity index (χ3v) is 3.60. The van der Waals surface area contributed by atoms with Crippen molar-refractivity contribution in [2.24, 2.45) is 0 Å². The van der Waals surface area contributed by atoms with Crippen molar-refractivity contribution in [2.75, 3.05) is 0 Å². The van der Waals surface area contributed by atoms with E-state index in [9.17, 15) is 8.78 Å². The molecule has 1 aliphatic heterocycles. The first-order valence-electron chi connectivity index (χ1n) is 2.11. The number of allylic oxidation sites excluding steroid dienone is 3. The summed E-state index contributed by atoms with van der Waals surface area (Å²) in [5, 5.41) is 0. The van der Waals surface area contributed by atoms with Gasteiger partial charge in [-0.05, 0) is 0 Å². The van der Waals surface area contributed by atoms with Crippen LogP contribution in [0.15, 0.2) is 22.0 Å². The van der Waals surface area contributed by atoms with Crippen LogP contribution in [0.3, 0.4) is 0 Å². The summed E-state index contributed by atoms with van der Waals surface area (Å²) >= 11 is -1.49. The first kappa shape index (κ1) is 6.34. The van der Waals surface area contributed by atoms with Crippen molar-refractivity contribution < 1.29 is 32.0 Å². The summed E-state index contributed by atoms with van der Waals surface area (Å²) in [6.07, 6.45) is 4.09. The molecule has 0 nitrogen and oxygen atoms in total. The Hall–Kier alpha value is 0.223. The fourth-order valence-corrected chi connectivity index (χ4v) is 2.36.